The Bertz CT molecular complexity index is 1010. The standard InChI is InChI=1S/C23H17NS.Pb/c25-23(19-11-3-1-4-12-19)24(20-14-5-2-6-15-20)22-17-9-13-18-10-7-8-16-21(18)22;/h1-17H;. The largest absolute Gasteiger partial charge is 0.300 e. The van der Waals surface area contributed by atoms with Crippen molar-refractivity contribution in [3.05, 3.63) is 109 Å². The molecule has 0 aliphatic heterocycles. The number of hydrogen-bond donors (Lipinski definition) is 0. The van der Waals surface area contributed by atoms with Crippen LogP contribution in [0.2, 0.25) is 0 Å². The number of anilines is 2. The van der Waals surface area contributed by atoms with Gasteiger partial charge >= 0.3 is 0 Å². The molecule has 4 radical (unpaired) electrons. The van der Waals surface area contributed by atoms with Crippen LogP contribution in [0.25, 0.3) is 10.8 Å². The minimum atomic E-state index is 0. The van der Waals surface area contributed by atoms with Crippen LogP contribution in [-0.2, 0) is 0 Å². The van der Waals surface area contributed by atoms with E-state index in [9.17, 15) is 0 Å². The van der Waals surface area contributed by atoms with E-state index < -0.39 is 0 Å². The average Bonchev–Trinajstić information content (AvgIpc) is 2.70. The molecule has 4 aromatic carbocycles. The summed E-state index contributed by atoms with van der Waals surface area (Å²) in [5.41, 5.74) is 3.19. The molecule has 0 saturated heterocycles. The zero-order chi connectivity index (χ0) is 17.1. The van der Waals surface area contributed by atoms with Gasteiger partial charge in [0.2, 0.25) is 0 Å². The Morgan fingerprint density at radius 1 is 0.615 bits per heavy atom. The Morgan fingerprint density at radius 3 is 1.92 bits per heavy atom. The van der Waals surface area contributed by atoms with Gasteiger partial charge in [0.1, 0.15) is 4.99 Å². The first-order chi connectivity index (χ1) is 12.3. The van der Waals surface area contributed by atoms with Gasteiger partial charge in [0.05, 0.1) is 5.69 Å². The predicted octanol–water partition coefficient (Wildman–Crippen LogP) is 5.97. The summed E-state index contributed by atoms with van der Waals surface area (Å²) >= 11 is 5.89. The van der Waals surface area contributed by atoms with Crippen molar-refractivity contribution in [2.24, 2.45) is 0 Å². The van der Waals surface area contributed by atoms with Gasteiger partial charge in [-0.25, -0.2) is 0 Å². The van der Waals surface area contributed by atoms with Crippen molar-refractivity contribution in [1.82, 2.24) is 0 Å². The van der Waals surface area contributed by atoms with E-state index in [-0.39, 0.29) is 27.3 Å². The summed E-state index contributed by atoms with van der Waals surface area (Å²) in [4.78, 5) is 2.95. The molecule has 0 saturated carbocycles. The monoisotopic (exact) mass is 547 g/mol. The van der Waals surface area contributed by atoms with E-state index in [0.29, 0.717) is 0 Å². The molecule has 0 aliphatic carbocycles. The minimum Gasteiger partial charge on any atom is -0.300 e. The normalized spacial score (nSPS) is 10.2. The maximum Gasteiger partial charge on any atom is 0.118 e. The molecule has 0 aliphatic rings. The fourth-order valence-electron chi connectivity index (χ4n) is 3.06. The molecule has 0 unspecified atom stereocenters. The first-order valence-corrected chi connectivity index (χ1v) is 8.68. The third kappa shape index (κ3) is 3.71. The van der Waals surface area contributed by atoms with Gasteiger partial charge in [-0.3, -0.25) is 0 Å². The molecule has 4 rings (SSSR count). The fourth-order valence-corrected chi connectivity index (χ4v) is 3.40. The van der Waals surface area contributed by atoms with Gasteiger partial charge in [-0.2, -0.15) is 0 Å². The van der Waals surface area contributed by atoms with Crippen molar-refractivity contribution in [1.29, 1.82) is 0 Å². The van der Waals surface area contributed by atoms with Crippen LogP contribution in [0, 0.1) is 0 Å². The van der Waals surface area contributed by atoms with E-state index in [0.717, 1.165) is 21.9 Å². The molecule has 0 N–H and O–H groups in total. The van der Waals surface area contributed by atoms with Gasteiger partial charge in [0, 0.05) is 43.9 Å². The molecule has 0 spiro atoms. The smallest absolute Gasteiger partial charge is 0.118 e. The Morgan fingerprint density at radius 2 is 1.19 bits per heavy atom. The molecule has 0 bridgehead atoms. The Kier molecular flexibility index (Phi) is 6.17. The molecular formula is C23H17NPbS. The molecule has 4 aromatic rings. The van der Waals surface area contributed by atoms with Crippen molar-refractivity contribution >= 4 is 66.7 Å². The van der Waals surface area contributed by atoms with Crippen LogP contribution in [0.3, 0.4) is 0 Å². The van der Waals surface area contributed by atoms with Gasteiger partial charge < -0.3 is 4.90 Å². The Balaban J connectivity index is 0.00000196. The summed E-state index contributed by atoms with van der Waals surface area (Å²) in [6, 6.07) is 35.2. The summed E-state index contributed by atoms with van der Waals surface area (Å²) in [6.07, 6.45) is 0. The molecule has 1 nitrogen and oxygen atoms in total. The number of para-hydroxylation sites is 1. The van der Waals surface area contributed by atoms with E-state index in [1.807, 2.05) is 36.4 Å². The third-order valence-electron chi connectivity index (χ3n) is 4.25. The predicted molar refractivity (Wildman–Crippen MR) is 116 cm³/mol. The van der Waals surface area contributed by atoms with Crippen LogP contribution in [0.15, 0.2) is 103 Å². The van der Waals surface area contributed by atoms with Crippen molar-refractivity contribution in [2.45, 2.75) is 0 Å². The second kappa shape index (κ2) is 8.56. The second-order valence-electron chi connectivity index (χ2n) is 5.84. The molecule has 3 heteroatoms. The maximum absolute atomic E-state index is 5.89. The summed E-state index contributed by atoms with van der Waals surface area (Å²) in [7, 11) is 0. The van der Waals surface area contributed by atoms with E-state index in [1.54, 1.807) is 0 Å². The fraction of sp³-hybridized carbons (Fsp3) is 0. The van der Waals surface area contributed by atoms with Crippen LogP contribution < -0.4 is 4.90 Å². The number of thiocarbonyl (C=S) groups is 1. The Labute approximate surface area is 179 Å². The van der Waals surface area contributed by atoms with Crippen molar-refractivity contribution in [3.63, 3.8) is 0 Å². The SMILES string of the molecule is S=C(c1ccccc1)N(c1ccccc1)c1cccc2ccccc12.[Pb]. The molecule has 0 fully saturated rings. The zero-order valence-corrected chi connectivity index (χ0v) is 18.9. The van der Waals surface area contributed by atoms with Gasteiger partial charge in [-0.1, -0.05) is 97.1 Å². The molecule has 124 valence electrons. The summed E-state index contributed by atoms with van der Waals surface area (Å²) < 4.78 is 0. The van der Waals surface area contributed by atoms with Crippen molar-refractivity contribution in [3.8, 4) is 0 Å². The molecular weight excluding hydrogens is 530 g/mol. The van der Waals surface area contributed by atoms with E-state index in [4.69, 9.17) is 12.2 Å². The number of rotatable bonds is 3. The molecule has 0 heterocycles. The van der Waals surface area contributed by atoms with Crippen LogP contribution in [0.4, 0.5) is 11.4 Å². The molecule has 0 atom stereocenters. The molecule has 26 heavy (non-hydrogen) atoms. The topological polar surface area (TPSA) is 3.24 Å². The maximum atomic E-state index is 5.89. The number of benzene rings is 4. The van der Waals surface area contributed by atoms with Crippen LogP contribution in [-0.4, -0.2) is 32.3 Å². The number of nitrogens with zero attached hydrogens (tertiary/aromatic N) is 1. The quantitative estimate of drug-likeness (QED) is 0.230. The first kappa shape index (κ1) is 18.7. The van der Waals surface area contributed by atoms with Crippen LogP contribution >= 0.6 is 12.2 Å². The van der Waals surface area contributed by atoms with Crippen LogP contribution in [0.5, 0.6) is 0 Å². The van der Waals surface area contributed by atoms with Crippen molar-refractivity contribution < 1.29 is 0 Å². The summed E-state index contributed by atoms with van der Waals surface area (Å²) in [6.45, 7) is 0. The Hall–Kier alpha value is -2.05. The van der Waals surface area contributed by atoms with E-state index in [1.165, 1.54) is 10.8 Å². The first-order valence-electron chi connectivity index (χ1n) is 8.27. The van der Waals surface area contributed by atoms with Gasteiger partial charge in [0.25, 0.3) is 0 Å². The van der Waals surface area contributed by atoms with Crippen LogP contribution in [0.1, 0.15) is 5.56 Å². The van der Waals surface area contributed by atoms with Gasteiger partial charge in [-0.15, -0.1) is 0 Å². The minimum absolute atomic E-state index is 0. The second-order valence-corrected chi connectivity index (χ2v) is 6.23. The summed E-state index contributed by atoms with van der Waals surface area (Å²) in [5, 5.41) is 2.39. The number of fused-ring (bicyclic) bond motifs is 1. The third-order valence-corrected chi connectivity index (χ3v) is 4.66. The number of hydrogen-bond acceptors (Lipinski definition) is 1. The van der Waals surface area contributed by atoms with E-state index >= 15 is 0 Å². The average molecular weight is 547 g/mol. The summed E-state index contributed by atoms with van der Waals surface area (Å²) in [5.74, 6) is 0. The van der Waals surface area contributed by atoms with Crippen molar-refractivity contribution in [2.75, 3.05) is 4.90 Å². The van der Waals surface area contributed by atoms with Gasteiger partial charge in [-0.05, 0) is 23.6 Å². The zero-order valence-electron chi connectivity index (χ0n) is 14.2. The molecule has 0 amide bonds. The van der Waals surface area contributed by atoms with E-state index in [2.05, 4.69) is 71.6 Å². The molecule has 0 aromatic heterocycles. The van der Waals surface area contributed by atoms with Gasteiger partial charge in [0.15, 0.2) is 0 Å².